The van der Waals surface area contributed by atoms with Crippen molar-refractivity contribution in [3.63, 3.8) is 0 Å². The highest BCUT2D eigenvalue weighted by atomic mass is 127. The quantitative estimate of drug-likeness (QED) is 0.391. The molecule has 0 fully saturated rings. The largest absolute Gasteiger partial charge is 0.205 e. The van der Waals surface area contributed by atoms with Crippen LogP contribution in [0.5, 0.6) is 0 Å². The molecule has 5 heteroatoms. The standard InChI is InChI=1S/C6HClF3I/c7-4-2(8)1-3(9)5(10)6(4)11/h1H. The van der Waals surface area contributed by atoms with Crippen molar-refractivity contribution in [3.05, 3.63) is 32.1 Å². The van der Waals surface area contributed by atoms with Gasteiger partial charge in [0.1, 0.15) is 5.82 Å². The minimum atomic E-state index is -1.23. The zero-order valence-electron chi connectivity index (χ0n) is 4.97. The Bertz CT molecular complexity index is 274. The molecule has 11 heavy (non-hydrogen) atoms. The lowest BCUT2D eigenvalue weighted by molar-refractivity contribution is 0.490. The third-order valence-electron chi connectivity index (χ3n) is 1.06. The van der Waals surface area contributed by atoms with Gasteiger partial charge in [0.2, 0.25) is 0 Å². The Morgan fingerprint density at radius 3 is 2.27 bits per heavy atom. The second-order valence-corrected chi connectivity index (χ2v) is 3.24. The molecule has 1 aromatic rings. The van der Waals surface area contributed by atoms with Gasteiger partial charge in [0.15, 0.2) is 11.6 Å². The minimum Gasteiger partial charge on any atom is -0.205 e. The maximum atomic E-state index is 12.5. The van der Waals surface area contributed by atoms with Crippen LogP contribution in [0.2, 0.25) is 5.02 Å². The zero-order valence-corrected chi connectivity index (χ0v) is 7.88. The van der Waals surface area contributed by atoms with E-state index in [1.807, 2.05) is 0 Å². The van der Waals surface area contributed by atoms with E-state index in [0.717, 1.165) is 0 Å². The van der Waals surface area contributed by atoms with Gasteiger partial charge in [-0.3, -0.25) is 0 Å². The third-order valence-corrected chi connectivity index (χ3v) is 2.76. The zero-order chi connectivity index (χ0) is 8.59. The number of rotatable bonds is 0. The van der Waals surface area contributed by atoms with Crippen molar-refractivity contribution in [3.8, 4) is 0 Å². The predicted octanol–water partition coefficient (Wildman–Crippen LogP) is 3.36. The van der Waals surface area contributed by atoms with Crippen LogP contribution in [-0.4, -0.2) is 0 Å². The fraction of sp³-hybridized carbons (Fsp3) is 0. The van der Waals surface area contributed by atoms with E-state index >= 15 is 0 Å². The molecule has 0 unspecified atom stereocenters. The molecule has 0 heterocycles. The first-order valence-corrected chi connectivity index (χ1v) is 3.98. The van der Waals surface area contributed by atoms with Crippen molar-refractivity contribution in [1.82, 2.24) is 0 Å². The second-order valence-electron chi connectivity index (χ2n) is 1.78. The Balaban J connectivity index is 3.46. The maximum absolute atomic E-state index is 12.5. The molecule has 0 radical (unpaired) electrons. The van der Waals surface area contributed by atoms with Crippen LogP contribution in [0, 0.1) is 21.0 Å². The molecule has 0 bridgehead atoms. The fourth-order valence-corrected chi connectivity index (χ4v) is 1.20. The summed E-state index contributed by atoms with van der Waals surface area (Å²) < 4.78 is 37.1. The molecule has 60 valence electrons. The lowest BCUT2D eigenvalue weighted by Gasteiger charge is -1.99. The van der Waals surface area contributed by atoms with E-state index in [2.05, 4.69) is 0 Å². The molecule has 0 nitrogen and oxygen atoms in total. The van der Waals surface area contributed by atoms with Gasteiger partial charge in [-0.15, -0.1) is 0 Å². The summed E-state index contributed by atoms with van der Waals surface area (Å²) in [6.07, 6.45) is 0. The molecule has 0 aliphatic heterocycles. The summed E-state index contributed by atoms with van der Waals surface area (Å²) in [7, 11) is 0. The van der Waals surface area contributed by atoms with Crippen molar-refractivity contribution in [2.45, 2.75) is 0 Å². The van der Waals surface area contributed by atoms with Crippen molar-refractivity contribution in [2.24, 2.45) is 0 Å². The van der Waals surface area contributed by atoms with Crippen molar-refractivity contribution in [1.29, 1.82) is 0 Å². The second kappa shape index (κ2) is 3.18. The highest BCUT2D eigenvalue weighted by Gasteiger charge is 2.14. The molecule has 0 aromatic heterocycles. The average molecular weight is 292 g/mol. The normalized spacial score (nSPS) is 10.3. The molecule has 0 saturated carbocycles. The first kappa shape index (κ1) is 9.12. The highest BCUT2D eigenvalue weighted by molar-refractivity contribution is 14.1. The average Bonchev–Trinajstić information content (AvgIpc) is 1.97. The van der Waals surface area contributed by atoms with Crippen LogP contribution in [0.1, 0.15) is 0 Å². The molecule has 0 amide bonds. The van der Waals surface area contributed by atoms with Crippen LogP contribution in [-0.2, 0) is 0 Å². The van der Waals surface area contributed by atoms with Gasteiger partial charge < -0.3 is 0 Å². The summed E-state index contributed by atoms with van der Waals surface area (Å²) in [5.74, 6) is -3.29. The molecule has 0 aliphatic carbocycles. The van der Waals surface area contributed by atoms with Gasteiger partial charge >= 0.3 is 0 Å². The highest BCUT2D eigenvalue weighted by Crippen LogP contribution is 2.26. The van der Waals surface area contributed by atoms with E-state index in [1.165, 1.54) is 22.6 Å². The number of benzene rings is 1. The maximum Gasteiger partial charge on any atom is 0.173 e. The first-order valence-electron chi connectivity index (χ1n) is 2.52. The van der Waals surface area contributed by atoms with E-state index in [4.69, 9.17) is 11.6 Å². The van der Waals surface area contributed by atoms with E-state index in [0.29, 0.717) is 6.07 Å². The van der Waals surface area contributed by atoms with Crippen LogP contribution in [0.4, 0.5) is 13.2 Å². The van der Waals surface area contributed by atoms with Gasteiger partial charge in [0, 0.05) is 6.07 Å². The Labute approximate surface area is 79.5 Å². The van der Waals surface area contributed by atoms with Crippen LogP contribution in [0.3, 0.4) is 0 Å². The van der Waals surface area contributed by atoms with E-state index < -0.39 is 17.5 Å². The van der Waals surface area contributed by atoms with Crippen molar-refractivity contribution < 1.29 is 13.2 Å². The number of hydrogen-bond donors (Lipinski definition) is 0. The number of halogens is 5. The summed E-state index contributed by atoms with van der Waals surface area (Å²) in [4.78, 5) is 0. The molecule has 1 aromatic carbocycles. The van der Waals surface area contributed by atoms with Gasteiger partial charge in [-0.2, -0.15) is 0 Å². The van der Waals surface area contributed by atoms with Gasteiger partial charge in [-0.25, -0.2) is 13.2 Å². The monoisotopic (exact) mass is 292 g/mol. The predicted molar refractivity (Wildman–Crippen MR) is 44.0 cm³/mol. The Morgan fingerprint density at radius 2 is 1.73 bits per heavy atom. The smallest absolute Gasteiger partial charge is 0.173 e. The molecular formula is C6HClF3I. The van der Waals surface area contributed by atoms with Crippen molar-refractivity contribution >= 4 is 34.2 Å². The Kier molecular flexibility index (Phi) is 2.64. The lowest BCUT2D eigenvalue weighted by Crippen LogP contribution is -1.92. The molecule has 1 rings (SSSR count). The van der Waals surface area contributed by atoms with Gasteiger partial charge in [0.05, 0.1) is 8.59 Å². The van der Waals surface area contributed by atoms with Crippen molar-refractivity contribution in [2.75, 3.05) is 0 Å². The van der Waals surface area contributed by atoms with E-state index in [9.17, 15) is 13.2 Å². The molecular weight excluding hydrogens is 291 g/mol. The summed E-state index contributed by atoms with van der Waals surface area (Å²) in [5.41, 5.74) is 0. The van der Waals surface area contributed by atoms with Gasteiger partial charge in [0.25, 0.3) is 0 Å². The molecule has 0 N–H and O–H groups in total. The molecule has 0 aliphatic rings. The molecule has 0 atom stereocenters. The summed E-state index contributed by atoms with van der Waals surface area (Å²) in [6.45, 7) is 0. The first-order chi connectivity index (χ1) is 5.04. The van der Waals surface area contributed by atoms with Crippen LogP contribution in [0.25, 0.3) is 0 Å². The summed E-state index contributed by atoms with van der Waals surface area (Å²) in [6, 6.07) is 0.416. The lowest BCUT2D eigenvalue weighted by atomic mass is 10.3. The molecule has 0 spiro atoms. The van der Waals surface area contributed by atoms with Crippen LogP contribution < -0.4 is 0 Å². The van der Waals surface area contributed by atoms with Crippen LogP contribution in [0.15, 0.2) is 6.07 Å². The summed E-state index contributed by atoms with van der Waals surface area (Å²) in [5, 5.41) is -0.385. The van der Waals surface area contributed by atoms with E-state index in [-0.39, 0.29) is 8.59 Å². The Hall–Kier alpha value is 0.0300. The van der Waals surface area contributed by atoms with Crippen LogP contribution >= 0.6 is 34.2 Å². The Morgan fingerprint density at radius 1 is 1.18 bits per heavy atom. The van der Waals surface area contributed by atoms with Gasteiger partial charge in [-0.1, -0.05) is 11.6 Å². The summed E-state index contributed by atoms with van der Waals surface area (Å²) >= 11 is 6.70. The molecule has 0 saturated heterocycles. The fourth-order valence-electron chi connectivity index (χ4n) is 0.544. The SMILES string of the molecule is Fc1cc(F)c(Cl)c(I)c1F. The number of hydrogen-bond acceptors (Lipinski definition) is 0. The van der Waals surface area contributed by atoms with Gasteiger partial charge in [-0.05, 0) is 22.6 Å². The minimum absolute atomic E-state index is 0.234. The third kappa shape index (κ3) is 1.61. The topological polar surface area (TPSA) is 0 Å². The van der Waals surface area contributed by atoms with E-state index in [1.54, 1.807) is 0 Å².